The second-order valence-electron chi connectivity index (χ2n) is 5.42. The van der Waals surface area contributed by atoms with E-state index in [0.717, 1.165) is 31.6 Å². The van der Waals surface area contributed by atoms with Crippen molar-refractivity contribution >= 4 is 0 Å². The van der Waals surface area contributed by atoms with Crippen molar-refractivity contribution in [3.8, 4) is 0 Å². The van der Waals surface area contributed by atoms with Gasteiger partial charge in [0.2, 0.25) is 0 Å². The van der Waals surface area contributed by atoms with E-state index in [0.29, 0.717) is 6.04 Å². The third-order valence-corrected chi connectivity index (χ3v) is 2.90. The zero-order chi connectivity index (χ0) is 12.4. The summed E-state index contributed by atoms with van der Waals surface area (Å²) >= 11 is 0. The molecule has 0 radical (unpaired) electrons. The summed E-state index contributed by atoms with van der Waals surface area (Å²) in [6, 6.07) is 0.593. The molecule has 0 amide bonds. The summed E-state index contributed by atoms with van der Waals surface area (Å²) in [5.41, 5.74) is 0. The Morgan fingerprint density at radius 3 is 2.12 bits per heavy atom. The van der Waals surface area contributed by atoms with Crippen molar-refractivity contribution in [1.29, 1.82) is 0 Å². The highest BCUT2D eigenvalue weighted by Crippen LogP contribution is 2.08. The van der Waals surface area contributed by atoms with Crippen LogP contribution in [0.25, 0.3) is 0 Å². The Kier molecular flexibility index (Phi) is 10.0. The molecule has 0 aromatic heterocycles. The summed E-state index contributed by atoms with van der Waals surface area (Å²) in [6.45, 7) is 14.1. The van der Waals surface area contributed by atoms with Crippen molar-refractivity contribution in [3.05, 3.63) is 0 Å². The van der Waals surface area contributed by atoms with Crippen LogP contribution in [0.4, 0.5) is 0 Å². The predicted octanol–water partition coefficient (Wildman–Crippen LogP) is 3.46. The van der Waals surface area contributed by atoms with Gasteiger partial charge in [0.25, 0.3) is 0 Å². The van der Waals surface area contributed by atoms with Gasteiger partial charge in [0.15, 0.2) is 0 Å². The normalized spacial score (nSPS) is 13.7. The van der Waals surface area contributed by atoms with E-state index >= 15 is 0 Å². The predicted molar refractivity (Wildman–Crippen MR) is 71.8 cm³/mol. The summed E-state index contributed by atoms with van der Waals surface area (Å²) in [5.74, 6) is 1.52. The van der Waals surface area contributed by atoms with Crippen LogP contribution >= 0.6 is 0 Å². The van der Waals surface area contributed by atoms with Crippen LogP contribution in [0.2, 0.25) is 0 Å². The van der Waals surface area contributed by atoms with E-state index in [-0.39, 0.29) is 0 Å². The van der Waals surface area contributed by atoms with Gasteiger partial charge in [-0.1, -0.05) is 41.0 Å². The molecule has 0 aliphatic carbocycles. The molecule has 0 bridgehead atoms. The number of hydrogen-bond donors (Lipinski definition) is 1. The summed E-state index contributed by atoms with van der Waals surface area (Å²) < 4.78 is 5.66. The Morgan fingerprint density at radius 1 is 1.00 bits per heavy atom. The van der Waals surface area contributed by atoms with Gasteiger partial charge in [0, 0.05) is 19.3 Å². The Labute approximate surface area is 102 Å². The Balaban J connectivity index is 3.40. The van der Waals surface area contributed by atoms with Crippen LogP contribution in [0.5, 0.6) is 0 Å². The van der Waals surface area contributed by atoms with Gasteiger partial charge in [-0.3, -0.25) is 0 Å². The lowest BCUT2D eigenvalue weighted by molar-refractivity contribution is 0.109. The second kappa shape index (κ2) is 10.1. The van der Waals surface area contributed by atoms with E-state index in [2.05, 4.69) is 39.9 Å². The topological polar surface area (TPSA) is 21.3 Å². The van der Waals surface area contributed by atoms with Gasteiger partial charge in [-0.15, -0.1) is 0 Å². The Bertz CT molecular complexity index is 146. The molecule has 0 aromatic rings. The van der Waals surface area contributed by atoms with Crippen molar-refractivity contribution in [2.75, 3.05) is 19.8 Å². The first-order chi connectivity index (χ1) is 7.56. The molecule has 0 saturated heterocycles. The van der Waals surface area contributed by atoms with Crippen LogP contribution in [0.1, 0.15) is 53.9 Å². The first-order valence-corrected chi connectivity index (χ1v) is 6.87. The van der Waals surface area contributed by atoms with E-state index in [1.165, 1.54) is 19.3 Å². The molecular formula is C14H31NO. The van der Waals surface area contributed by atoms with Gasteiger partial charge < -0.3 is 10.1 Å². The van der Waals surface area contributed by atoms with E-state index in [9.17, 15) is 0 Å². The SMILES string of the molecule is CCC(CCOCCC(C)C)CNC(C)C. The molecule has 0 aliphatic heterocycles. The Morgan fingerprint density at radius 2 is 1.62 bits per heavy atom. The lowest BCUT2D eigenvalue weighted by atomic mass is 10.0. The quantitative estimate of drug-likeness (QED) is 0.579. The molecule has 0 heterocycles. The zero-order valence-corrected chi connectivity index (χ0v) is 11.9. The third-order valence-electron chi connectivity index (χ3n) is 2.90. The monoisotopic (exact) mass is 229 g/mol. The van der Waals surface area contributed by atoms with E-state index in [4.69, 9.17) is 4.74 Å². The van der Waals surface area contributed by atoms with Crippen molar-refractivity contribution in [3.63, 3.8) is 0 Å². The summed E-state index contributed by atoms with van der Waals surface area (Å²) in [4.78, 5) is 0. The van der Waals surface area contributed by atoms with Crippen LogP contribution < -0.4 is 5.32 Å². The Hall–Kier alpha value is -0.0800. The standard InChI is InChI=1S/C14H31NO/c1-6-14(11-15-13(4)5)8-10-16-9-7-12(2)3/h12-15H,6-11H2,1-5H3. The van der Waals surface area contributed by atoms with Gasteiger partial charge >= 0.3 is 0 Å². The highest BCUT2D eigenvalue weighted by atomic mass is 16.5. The van der Waals surface area contributed by atoms with Crippen LogP contribution in [-0.2, 0) is 4.74 Å². The van der Waals surface area contributed by atoms with E-state index in [1.807, 2.05) is 0 Å². The number of nitrogens with one attached hydrogen (secondary N) is 1. The van der Waals surface area contributed by atoms with Gasteiger partial charge in [-0.05, 0) is 31.2 Å². The summed E-state index contributed by atoms with van der Waals surface area (Å²) in [6.07, 6.45) is 3.61. The van der Waals surface area contributed by atoms with Crippen molar-refractivity contribution < 1.29 is 4.74 Å². The molecule has 0 saturated carbocycles. The largest absolute Gasteiger partial charge is 0.381 e. The molecule has 0 spiro atoms. The average molecular weight is 229 g/mol. The third kappa shape index (κ3) is 10.4. The van der Waals surface area contributed by atoms with Crippen LogP contribution in [-0.4, -0.2) is 25.8 Å². The fourth-order valence-electron chi connectivity index (χ4n) is 1.52. The maximum absolute atomic E-state index is 5.66. The van der Waals surface area contributed by atoms with Gasteiger partial charge in [0.05, 0.1) is 0 Å². The fourth-order valence-corrected chi connectivity index (χ4v) is 1.52. The first kappa shape index (κ1) is 15.9. The molecule has 2 heteroatoms. The number of ether oxygens (including phenoxy) is 1. The van der Waals surface area contributed by atoms with Crippen LogP contribution in [0, 0.1) is 11.8 Å². The highest BCUT2D eigenvalue weighted by Gasteiger charge is 2.06. The molecule has 1 atom stereocenters. The molecular weight excluding hydrogens is 198 g/mol. The van der Waals surface area contributed by atoms with Crippen molar-refractivity contribution in [2.45, 2.75) is 59.9 Å². The summed E-state index contributed by atoms with van der Waals surface area (Å²) in [5, 5.41) is 3.50. The van der Waals surface area contributed by atoms with Gasteiger partial charge in [-0.2, -0.15) is 0 Å². The zero-order valence-electron chi connectivity index (χ0n) is 11.9. The maximum Gasteiger partial charge on any atom is 0.0469 e. The van der Waals surface area contributed by atoms with Gasteiger partial charge in [-0.25, -0.2) is 0 Å². The molecule has 0 fully saturated rings. The molecule has 16 heavy (non-hydrogen) atoms. The average Bonchev–Trinajstić information content (AvgIpc) is 2.21. The molecule has 2 nitrogen and oxygen atoms in total. The van der Waals surface area contributed by atoms with Crippen LogP contribution in [0.15, 0.2) is 0 Å². The summed E-state index contributed by atoms with van der Waals surface area (Å²) in [7, 11) is 0. The number of hydrogen-bond acceptors (Lipinski definition) is 2. The maximum atomic E-state index is 5.66. The molecule has 0 aliphatic rings. The molecule has 1 unspecified atom stereocenters. The van der Waals surface area contributed by atoms with Crippen LogP contribution in [0.3, 0.4) is 0 Å². The molecule has 0 rings (SSSR count). The lowest BCUT2D eigenvalue weighted by Gasteiger charge is -2.17. The van der Waals surface area contributed by atoms with E-state index in [1.54, 1.807) is 0 Å². The smallest absolute Gasteiger partial charge is 0.0469 e. The van der Waals surface area contributed by atoms with Crippen molar-refractivity contribution in [1.82, 2.24) is 5.32 Å². The molecule has 98 valence electrons. The minimum absolute atomic E-state index is 0.593. The minimum atomic E-state index is 0.593. The first-order valence-electron chi connectivity index (χ1n) is 6.87. The van der Waals surface area contributed by atoms with E-state index < -0.39 is 0 Å². The molecule has 1 N–H and O–H groups in total. The highest BCUT2D eigenvalue weighted by molar-refractivity contribution is 4.62. The number of rotatable bonds is 10. The molecule has 0 aromatic carbocycles. The van der Waals surface area contributed by atoms with Crippen molar-refractivity contribution in [2.24, 2.45) is 11.8 Å². The van der Waals surface area contributed by atoms with Gasteiger partial charge in [0.1, 0.15) is 0 Å². The second-order valence-corrected chi connectivity index (χ2v) is 5.42. The fraction of sp³-hybridized carbons (Fsp3) is 1.00. The lowest BCUT2D eigenvalue weighted by Crippen LogP contribution is -2.29. The minimum Gasteiger partial charge on any atom is -0.381 e.